The average molecular weight is 451 g/mol. The molecule has 11 heteroatoms. The highest BCUT2D eigenvalue weighted by Crippen LogP contribution is 2.23. The second-order valence-corrected chi connectivity index (χ2v) is 6.89. The minimum Gasteiger partial charge on any atom is -0.370 e. The molecular formula is C21H28F3N7O. The molecule has 1 atom stereocenters. The highest BCUT2D eigenvalue weighted by molar-refractivity contribution is 5.76. The molecule has 0 saturated carbocycles. The number of aryl methyl sites for hydroxylation is 1. The minimum atomic E-state index is -4.43. The lowest BCUT2D eigenvalue weighted by atomic mass is 10.1. The number of H-pyrrole nitrogens is 1. The van der Waals surface area contributed by atoms with Crippen LogP contribution in [-0.2, 0) is 6.54 Å². The molecule has 0 aliphatic carbocycles. The zero-order chi connectivity index (χ0) is 23.9. The highest BCUT2D eigenvalue weighted by Gasteiger charge is 2.38. The molecule has 32 heavy (non-hydrogen) atoms. The van der Waals surface area contributed by atoms with Crippen LogP contribution < -0.4 is 22.5 Å². The van der Waals surface area contributed by atoms with E-state index in [4.69, 9.17) is 11.5 Å². The van der Waals surface area contributed by atoms with Gasteiger partial charge < -0.3 is 21.8 Å². The summed E-state index contributed by atoms with van der Waals surface area (Å²) < 4.78 is 40.9. The lowest BCUT2D eigenvalue weighted by Crippen LogP contribution is -2.42. The summed E-state index contributed by atoms with van der Waals surface area (Å²) in [5.74, 6) is -0.246. The molecule has 2 heterocycles. The van der Waals surface area contributed by atoms with Crippen LogP contribution >= 0.6 is 0 Å². The van der Waals surface area contributed by atoms with Crippen molar-refractivity contribution in [2.45, 2.75) is 46.0 Å². The van der Waals surface area contributed by atoms with Crippen molar-refractivity contribution in [3.63, 3.8) is 0 Å². The van der Waals surface area contributed by atoms with Crippen molar-refractivity contribution in [1.82, 2.24) is 19.9 Å². The molecule has 0 bridgehead atoms. The third kappa shape index (κ3) is 6.58. The molecule has 6 N–H and O–H groups in total. The van der Waals surface area contributed by atoms with E-state index in [-0.39, 0.29) is 25.5 Å². The summed E-state index contributed by atoms with van der Waals surface area (Å²) in [5, 5.41) is 3.27. The minimum absolute atomic E-state index is 0.00450. The van der Waals surface area contributed by atoms with Gasteiger partial charge >= 0.3 is 11.9 Å². The second-order valence-electron chi connectivity index (χ2n) is 6.89. The van der Waals surface area contributed by atoms with Crippen LogP contribution in [0.4, 0.5) is 13.2 Å². The van der Waals surface area contributed by atoms with Crippen molar-refractivity contribution in [3.8, 4) is 5.69 Å². The van der Waals surface area contributed by atoms with E-state index in [9.17, 15) is 18.0 Å². The number of hydrogen-bond acceptors (Lipinski definition) is 4. The summed E-state index contributed by atoms with van der Waals surface area (Å²) in [6.07, 6.45) is -3.04. The zero-order valence-corrected chi connectivity index (χ0v) is 18.2. The maximum atomic E-state index is 13.2. The van der Waals surface area contributed by atoms with Crippen molar-refractivity contribution >= 4 is 17.0 Å². The van der Waals surface area contributed by atoms with Gasteiger partial charge in [-0.3, -0.25) is 9.56 Å². The van der Waals surface area contributed by atoms with Gasteiger partial charge in [-0.15, -0.1) is 0 Å². The van der Waals surface area contributed by atoms with Gasteiger partial charge in [0.25, 0.3) is 0 Å². The van der Waals surface area contributed by atoms with E-state index in [1.165, 1.54) is 4.57 Å². The Morgan fingerprint density at radius 1 is 1.25 bits per heavy atom. The fourth-order valence-corrected chi connectivity index (χ4v) is 3.04. The smallest absolute Gasteiger partial charge is 0.370 e. The third-order valence-corrected chi connectivity index (χ3v) is 4.52. The molecule has 0 aliphatic heterocycles. The maximum absolute atomic E-state index is 13.2. The molecule has 0 amide bonds. The number of benzene rings is 1. The molecule has 0 saturated heterocycles. The van der Waals surface area contributed by atoms with Gasteiger partial charge in [0, 0.05) is 30.4 Å². The fourth-order valence-electron chi connectivity index (χ4n) is 3.04. The number of nitrogens with two attached hydrogens (primary N) is 2. The van der Waals surface area contributed by atoms with Crippen LogP contribution in [0.25, 0.3) is 16.7 Å². The molecule has 1 aromatic carbocycles. The number of halogens is 3. The summed E-state index contributed by atoms with van der Waals surface area (Å²) in [7, 11) is 0. The number of rotatable bonds is 7. The SMILES string of the molecule is CC.Cc1cc2cn(-c3ccc(CNC(CCN=C(N)N)C(F)(F)F)cc3)c(=O)nc2[nH]1. The van der Waals surface area contributed by atoms with Crippen LogP contribution in [0.2, 0.25) is 0 Å². The summed E-state index contributed by atoms with van der Waals surface area (Å²) in [6, 6.07) is 6.76. The third-order valence-electron chi connectivity index (χ3n) is 4.52. The molecular weight excluding hydrogens is 423 g/mol. The number of fused-ring (bicyclic) bond motifs is 1. The molecule has 0 fully saturated rings. The van der Waals surface area contributed by atoms with E-state index in [1.807, 2.05) is 26.8 Å². The predicted octanol–water partition coefficient (Wildman–Crippen LogP) is 2.73. The van der Waals surface area contributed by atoms with Crippen molar-refractivity contribution < 1.29 is 13.2 Å². The van der Waals surface area contributed by atoms with Crippen molar-refractivity contribution in [2.75, 3.05) is 6.54 Å². The Morgan fingerprint density at radius 3 is 2.50 bits per heavy atom. The second kappa shape index (κ2) is 10.8. The molecule has 3 aromatic rings. The predicted molar refractivity (Wildman–Crippen MR) is 120 cm³/mol. The Hall–Kier alpha value is -3.34. The van der Waals surface area contributed by atoms with Gasteiger partial charge in [-0.05, 0) is 37.1 Å². The number of aromatic amines is 1. The Kier molecular flexibility index (Phi) is 8.41. The van der Waals surface area contributed by atoms with Gasteiger partial charge in [0.2, 0.25) is 0 Å². The van der Waals surface area contributed by atoms with E-state index >= 15 is 0 Å². The Balaban J connectivity index is 0.00000176. The topological polar surface area (TPSA) is 127 Å². The summed E-state index contributed by atoms with van der Waals surface area (Å²) >= 11 is 0. The van der Waals surface area contributed by atoms with Crippen LogP contribution in [0, 0.1) is 6.92 Å². The normalized spacial score (nSPS) is 12.2. The Morgan fingerprint density at radius 2 is 1.91 bits per heavy atom. The van der Waals surface area contributed by atoms with Gasteiger partial charge in [-0.1, -0.05) is 26.0 Å². The van der Waals surface area contributed by atoms with Crippen LogP contribution in [0.15, 0.2) is 46.3 Å². The number of nitrogens with zero attached hydrogens (tertiary/aromatic N) is 3. The molecule has 0 radical (unpaired) electrons. The lowest BCUT2D eigenvalue weighted by molar-refractivity contribution is -0.157. The van der Waals surface area contributed by atoms with E-state index in [2.05, 4.69) is 20.3 Å². The number of alkyl halides is 3. The van der Waals surface area contributed by atoms with E-state index in [0.29, 0.717) is 16.9 Å². The first-order chi connectivity index (χ1) is 15.1. The van der Waals surface area contributed by atoms with Crippen LogP contribution in [0.3, 0.4) is 0 Å². The Labute approximate surface area is 183 Å². The first-order valence-corrected chi connectivity index (χ1v) is 10.2. The molecule has 8 nitrogen and oxygen atoms in total. The molecule has 0 spiro atoms. The lowest BCUT2D eigenvalue weighted by Gasteiger charge is -2.21. The summed E-state index contributed by atoms with van der Waals surface area (Å²) in [6.45, 7) is 5.73. The largest absolute Gasteiger partial charge is 0.403 e. The zero-order valence-electron chi connectivity index (χ0n) is 18.2. The summed E-state index contributed by atoms with van der Waals surface area (Å²) in [4.78, 5) is 22.9. The molecule has 2 aromatic heterocycles. The maximum Gasteiger partial charge on any atom is 0.403 e. The van der Waals surface area contributed by atoms with Gasteiger partial charge in [0.1, 0.15) is 11.7 Å². The molecule has 3 rings (SSSR count). The fraction of sp³-hybridized carbons (Fsp3) is 0.381. The number of aromatic nitrogens is 3. The quantitative estimate of drug-likeness (QED) is 0.325. The molecule has 174 valence electrons. The number of nitrogens with one attached hydrogen (secondary N) is 2. The number of aliphatic imine (C=N–C) groups is 1. The summed E-state index contributed by atoms with van der Waals surface area (Å²) in [5.41, 5.74) is 12.4. The van der Waals surface area contributed by atoms with E-state index in [1.54, 1.807) is 30.5 Å². The highest BCUT2D eigenvalue weighted by atomic mass is 19.4. The Bertz CT molecular complexity index is 1100. The first-order valence-electron chi connectivity index (χ1n) is 10.2. The average Bonchev–Trinajstić information content (AvgIpc) is 3.09. The van der Waals surface area contributed by atoms with Gasteiger partial charge in [0.05, 0.1) is 5.69 Å². The molecule has 0 aliphatic rings. The van der Waals surface area contributed by atoms with Gasteiger partial charge in [0.15, 0.2) is 5.96 Å². The van der Waals surface area contributed by atoms with Crippen LogP contribution in [-0.4, -0.2) is 39.3 Å². The van der Waals surface area contributed by atoms with E-state index in [0.717, 1.165) is 11.1 Å². The first kappa shape index (κ1) is 24.9. The van der Waals surface area contributed by atoms with Crippen LogP contribution in [0.5, 0.6) is 0 Å². The number of hydrogen-bond donors (Lipinski definition) is 4. The van der Waals surface area contributed by atoms with Crippen molar-refractivity contribution in [2.24, 2.45) is 16.5 Å². The molecule has 1 unspecified atom stereocenters. The van der Waals surface area contributed by atoms with Gasteiger partial charge in [-0.25, -0.2) is 4.79 Å². The van der Waals surface area contributed by atoms with Crippen molar-refractivity contribution in [1.29, 1.82) is 0 Å². The van der Waals surface area contributed by atoms with Gasteiger partial charge in [-0.2, -0.15) is 18.2 Å². The number of guanidine groups is 1. The standard InChI is InChI=1S/C19H22F3N7O.C2H6/c1-11-8-13-10-29(18(30)28-16(13)27-11)14-4-2-12(3-5-14)9-26-15(19(20,21)22)6-7-25-17(23)24;1-2/h2-5,8,10,15,26H,6-7,9H2,1H3,(H4,23,24,25)(H,27,28,30);1-2H3. The van der Waals surface area contributed by atoms with Crippen LogP contribution in [0.1, 0.15) is 31.5 Å². The monoisotopic (exact) mass is 451 g/mol. The van der Waals surface area contributed by atoms with E-state index < -0.39 is 17.9 Å². The van der Waals surface area contributed by atoms with Crippen molar-refractivity contribution in [3.05, 3.63) is 58.3 Å².